The highest BCUT2D eigenvalue weighted by atomic mass is 16.6. The zero-order valence-corrected chi connectivity index (χ0v) is 25.7. The molecule has 0 bridgehead atoms. The lowest BCUT2D eigenvalue weighted by Crippen LogP contribution is -2.49. The standard InChI is InChI=1S/C33H42O9/c1-19-14-15-32(7,8)28(39-22(4)34)17-27(41-31(38)25-12-10-9-11-13-25)20(2)16-26-29(40-23(5)35)21(3)18-33(26,30(19)37)42-24(6)36/h9-14,16,21,26-29H,15,17-18H2,1-8H3/b19-14+,20-16+/t21-,26-,27+,28+,29-,33+/m0/s1. The van der Waals surface area contributed by atoms with Crippen LogP contribution < -0.4 is 0 Å². The number of carbonyl (C=O) groups excluding carboxylic acids is 5. The molecule has 0 amide bonds. The minimum Gasteiger partial charge on any atom is -0.462 e. The molecule has 9 heteroatoms. The van der Waals surface area contributed by atoms with Crippen molar-refractivity contribution >= 4 is 29.7 Å². The number of ketones is 1. The summed E-state index contributed by atoms with van der Waals surface area (Å²) in [5.74, 6) is -3.84. The largest absolute Gasteiger partial charge is 0.462 e. The van der Waals surface area contributed by atoms with E-state index >= 15 is 0 Å². The maximum Gasteiger partial charge on any atom is 0.338 e. The fraction of sp³-hybridized carbons (Fsp3) is 0.545. The molecule has 1 fully saturated rings. The topological polar surface area (TPSA) is 122 Å². The van der Waals surface area contributed by atoms with Crippen molar-refractivity contribution in [1.29, 1.82) is 0 Å². The number of carbonyl (C=O) groups is 5. The quantitative estimate of drug-likeness (QED) is 0.258. The van der Waals surface area contributed by atoms with Crippen molar-refractivity contribution in [3.8, 4) is 0 Å². The van der Waals surface area contributed by atoms with Crippen molar-refractivity contribution in [2.75, 3.05) is 0 Å². The molecule has 9 nitrogen and oxygen atoms in total. The smallest absolute Gasteiger partial charge is 0.338 e. The summed E-state index contributed by atoms with van der Waals surface area (Å²) in [6.07, 6.45) is 1.73. The average Bonchev–Trinajstić information content (AvgIpc) is 3.15. The van der Waals surface area contributed by atoms with Crippen LogP contribution in [0, 0.1) is 17.3 Å². The number of benzene rings is 1. The molecule has 0 spiro atoms. The van der Waals surface area contributed by atoms with Gasteiger partial charge in [-0.05, 0) is 49.5 Å². The van der Waals surface area contributed by atoms with Gasteiger partial charge in [-0.1, -0.05) is 51.1 Å². The number of allylic oxidation sites excluding steroid dienone is 1. The first-order valence-electron chi connectivity index (χ1n) is 14.3. The molecule has 6 atom stereocenters. The molecule has 0 heterocycles. The van der Waals surface area contributed by atoms with E-state index in [1.54, 1.807) is 56.3 Å². The van der Waals surface area contributed by atoms with Crippen molar-refractivity contribution < 1.29 is 42.9 Å². The van der Waals surface area contributed by atoms with Crippen LogP contribution in [0.25, 0.3) is 0 Å². The Hall–Kier alpha value is -3.75. The highest BCUT2D eigenvalue weighted by Gasteiger charge is 2.60. The molecule has 228 valence electrons. The van der Waals surface area contributed by atoms with E-state index < -0.39 is 64.9 Å². The highest BCUT2D eigenvalue weighted by Crippen LogP contribution is 2.48. The molecule has 0 aromatic heterocycles. The van der Waals surface area contributed by atoms with Crippen LogP contribution in [-0.2, 0) is 38.1 Å². The Bertz CT molecular complexity index is 1280. The molecule has 0 radical (unpaired) electrons. The van der Waals surface area contributed by atoms with E-state index in [1.165, 1.54) is 20.8 Å². The van der Waals surface area contributed by atoms with Gasteiger partial charge in [0.05, 0.1) is 11.5 Å². The van der Waals surface area contributed by atoms with Crippen molar-refractivity contribution in [2.45, 2.75) is 98.6 Å². The molecule has 3 rings (SSSR count). The van der Waals surface area contributed by atoms with E-state index in [9.17, 15) is 24.0 Å². The summed E-state index contributed by atoms with van der Waals surface area (Å²) in [6.45, 7) is 12.9. The van der Waals surface area contributed by atoms with Crippen LogP contribution in [0.3, 0.4) is 0 Å². The molecule has 1 aromatic rings. The third-order valence-electron chi connectivity index (χ3n) is 8.20. The van der Waals surface area contributed by atoms with E-state index in [-0.39, 0.29) is 18.8 Å². The third-order valence-corrected chi connectivity index (χ3v) is 8.20. The van der Waals surface area contributed by atoms with Gasteiger partial charge in [0.25, 0.3) is 0 Å². The lowest BCUT2D eigenvalue weighted by molar-refractivity contribution is -0.169. The molecule has 0 aliphatic heterocycles. The third kappa shape index (κ3) is 7.36. The predicted molar refractivity (Wildman–Crippen MR) is 154 cm³/mol. The molecule has 0 saturated heterocycles. The summed E-state index contributed by atoms with van der Waals surface area (Å²) in [6, 6.07) is 8.51. The maximum atomic E-state index is 14.2. The first kappa shape index (κ1) is 32.8. The second kappa shape index (κ2) is 13.0. The van der Waals surface area contributed by atoms with Crippen LogP contribution in [0.1, 0.15) is 85.0 Å². The lowest BCUT2D eigenvalue weighted by atomic mass is 9.76. The first-order valence-corrected chi connectivity index (χ1v) is 14.3. The molecule has 1 aromatic carbocycles. The fourth-order valence-corrected chi connectivity index (χ4v) is 6.00. The van der Waals surface area contributed by atoms with Crippen molar-refractivity contribution in [2.24, 2.45) is 17.3 Å². The van der Waals surface area contributed by atoms with Gasteiger partial charge >= 0.3 is 23.9 Å². The highest BCUT2D eigenvalue weighted by molar-refractivity contribution is 6.03. The Kier molecular flexibility index (Phi) is 10.2. The number of rotatable bonds is 5. The molecular formula is C33H42O9. The monoisotopic (exact) mass is 582 g/mol. The number of fused-ring (bicyclic) bond motifs is 1. The summed E-state index contributed by atoms with van der Waals surface area (Å²) in [7, 11) is 0. The number of Topliss-reactive ketones (excluding diaryl/α,β-unsaturated/α-hetero) is 1. The number of esters is 4. The zero-order chi connectivity index (χ0) is 31.4. The number of ether oxygens (including phenoxy) is 4. The molecular weight excluding hydrogens is 540 g/mol. The number of hydrogen-bond donors (Lipinski definition) is 0. The maximum absolute atomic E-state index is 14.2. The second-order valence-corrected chi connectivity index (χ2v) is 12.2. The molecule has 0 unspecified atom stereocenters. The zero-order valence-electron chi connectivity index (χ0n) is 25.7. The van der Waals surface area contributed by atoms with Crippen LogP contribution in [0.4, 0.5) is 0 Å². The van der Waals surface area contributed by atoms with Gasteiger partial charge in [0.1, 0.15) is 18.3 Å². The normalized spacial score (nSPS) is 31.9. The van der Waals surface area contributed by atoms with E-state index in [2.05, 4.69) is 0 Å². The van der Waals surface area contributed by atoms with Gasteiger partial charge in [0, 0.05) is 39.0 Å². The van der Waals surface area contributed by atoms with Crippen LogP contribution in [0.15, 0.2) is 53.6 Å². The number of hydrogen-bond acceptors (Lipinski definition) is 9. The van der Waals surface area contributed by atoms with Crippen molar-refractivity contribution in [3.63, 3.8) is 0 Å². The SMILES string of the molecule is CC(=O)O[C@H]1[C@@H](C)C[C@]2(OC(C)=O)C(=O)/C(C)=C/CC(C)(C)[C@H](OC(C)=O)C[C@@H](OC(=O)c3ccccc3)/C(C)=C/[C@@H]12. The molecule has 0 N–H and O–H groups in total. The van der Waals surface area contributed by atoms with Crippen LogP contribution in [-0.4, -0.2) is 53.6 Å². The van der Waals surface area contributed by atoms with Crippen LogP contribution in [0.5, 0.6) is 0 Å². The minimum atomic E-state index is -1.64. The molecule has 1 saturated carbocycles. The minimum absolute atomic E-state index is 0.134. The molecule has 2 aliphatic rings. The fourth-order valence-electron chi connectivity index (χ4n) is 6.00. The Morgan fingerprint density at radius 1 is 0.881 bits per heavy atom. The van der Waals surface area contributed by atoms with Gasteiger partial charge in [-0.15, -0.1) is 0 Å². The van der Waals surface area contributed by atoms with Gasteiger partial charge in [-0.25, -0.2) is 4.79 Å². The summed E-state index contributed by atoms with van der Waals surface area (Å²) in [4.78, 5) is 64.3. The lowest BCUT2D eigenvalue weighted by Gasteiger charge is -2.38. The van der Waals surface area contributed by atoms with E-state index in [4.69, 9.17) is 18.9 Å². The first-order chi connectivity index (χ1) is 19.6. The molecule has 42 heavy (non-hydrogen) atoms. The van der Waals surface area contributed by atoms with Crippen LogP contribution in [0.2, 0.25) is 0 Å². The van der Waals surface area contributed by atoms with E-state index in [1.807, 2.05) is 20.8 Å². The summed E-state index contributed by atoms with van der Waals surface area (Å²) < 4.78 is 23.4. The van der Waals surface area contributed by atoms with E-state index in [0.717, 1.165) is 0 Å². The van der Waals surface area contributed by atoms with Gasteiger partial charge in [0.2, 0.25) is 5.78 Å². The van der Waals surface area contributed by atoms with Crippen molar-refractivity contribution in [3.05, 3.63) is 59.2 Å². The Labute approximate surface area is 247 Å². The summed E-state index contributed by atoms with van der Waals surface area (Å²) in [5.41, 5.74) is -1.04. The van der Waals surface area contributed by atoms with Gasteiger partial charge < -0.3 is 18.9 Å². The predicted octanol–water partition coefficient (Wildman–Crippen LogP) is 5.32. The van der Waals surface area contributed by atoms with Gasteiger partial charge in [-0.3, -0.25) is 19.2 Å². The Morgan fingerprint density at radius 3 is 2.07 bits per heavy atom. The average molecular weight is 583 g/mol. The van der Waals surface area contributed by atoms with E-state index in [0.29, 0.717) is 23.1 Å². The van der Waals surface area contributed by atoms with Crippen molar-refractivity contribution in [1.82, 2.24) is 0 Å². The Balaban J connectivity index is 2.25. The summed E-state index contributed by atoms with van der Waals surface area (Å²) in [5, 5.41) is 0. The van der Waals surface area contributed by atoms with Crippen LogP contribution >= 0.6 is 0 Å². The van der Waals surface area contributed by atoms with Gasteiger partial charge in [0.15, 0.2) is 5.60 Å². The Morgan fingerprint density at radius 2 is 1.50 bits per heavy atom. The second-order valence-electron chi connectivity index (χ2n) is 12.2. The summed E-state index contributed by atoms with van der Waals surface area (Å²) >= 11 is 0. The van der Waals surface area contributed by atoms with Gasteiger partial charge in [-0.2, -0.15) is 0 Å². The molecule has 2 aliphatic carbocycles.